The van der Waals surface area contributed by atoms with E-state index in [0.717, 1.165) is 22.5 Å². The third-order valence-corrected chi connectivity index (χ3v) is 6.10. The molecule has 0 radical (unpaired) electrons. The van der Waals surface area contributed by atoms with Gasteiger partial charge in [0.2, 0.25) is 0 Å². The molecule has 1 atom stereocenters. The lowest BCUT2D eigenvalue weighted by atomic mass is 10.1. The van der Waals surface area contributed by atoms with Gasteiger partial charge in [0.1, 0.15) is 5.82 Å². The number of carbonyl (C=O) groups excluding carboxylic acids is 1. The van der Waals surface area contributed by atoms with E-state index in [1.807, 2.05) is 31.2 Å². The highest BCUT2D eigenvalue weighted by Crippen LogP contribution is 2.33. The highest BCUT2D eigenvalue weighted by Gasteiger charge is 2.29. The molecular weight excluding hydrogens is 390 g/mol. The topological polar surface area (TPSA) is 82.5 Å². The number of aromatic nitrogens is 2. The Morgan fingerprint density at radius 3 is 2.59 bits per heavy atom. The third-order valence-electron chi connectivity index (χ3n) is 4.89. The van der Waals surface area contributed by atoms with Gasteiger partial charge in [0, 0.05) is 21.9 Å². The lowest BCUT2D eigenvalue weighted by Gasteiger charge is -2.14. The van der Waals surface area contributed by atoms with Crippen molar-refractivity contribution >= 4 is 22.5 Å². The lowest BCUT2D eigenvalue weighted by molar-refractivity contribution is 0.102. The molecule has 3 aromatic rings. The molecule has 0 aliphatic carbocycles. The van der Waals surface area contributed by atoms with Crippen molar-refractivity contribution in [2.75, 3.05) is 19.5 Å². The van der Waals surface area contributed by atoms with Gasteiger partial charge in [0.05, 0.1) is 37.1 Å². The zero-order chi connectivity index (χ0) is 20.5. The number of anilines is 1. The van der Waals surface area contributed by atoms with Crippen molar-refractivity contribution in [1.82, 2.24) is 9.78 Å². The molecule has 0 unspecified atom stereocenters. The summed E-state index contributed by atoms with van der Waals surface area (Å²) in [5, 5.41) is 7.62. The molecule has 2 aromatic carbocycles. The second kappa shape index (κ2) is 7.71. The van der Waals surface area contributed by atoms with E-state index in [2.05, 4.69) is 10.4 Å². The Balaban J connectivity index is 1.74. The van der Waals surface area contributed by atoms with Crippen LogP contribution in [-0.4, -0.2) is 34.1 Å². The average molecular weight is 411 g/mol. The Morgan fingerprint density at radius 1 is 1.10 bits per heavy atom. The van der Waals surface area contributed by atoms with Crippen LogP contribution in [0.4, 0.5) is 5.82 Å². The first kappa shape index (κ1) is 19.2. The summed E-state index contributed by atoms with van der Waals surface area (Å²) >= 11 is 0. The minimum Gasteiger partial charge on any atom is -0.493 e. The predicted octanol–water partition coefficient (Wildman–Crippen LogP) is 3.21. The van der Waals surface area contributed by atoms with Crippen LogP contribution in [0.1, 0.15) is 27.2 Å². The van der Waals surface area contributed by atoms with Crippen LogP contribution in [-0.2, 0) is 22.3 Å². The quantitative estimate of drug-likeness (QED) is 0.697. The smallest absolute Gasteiger partial charge is 0.256 e. The molecule has 1 amide bonds. The molecule has 29 heavy (non-hydrogen) atoms. The lowest BCUT2D eigenvalue weighted by Crippen LogP contribution is -2.17. The minimum atomic E-state index is -1.00. The van der Waals surface area contributed by atoms with E-state index in [4.69, 9.17) is 9.47 Å². The summed E-state index contributed by atoms with van der Waals surface area (Å²) < 4.78 is 24.3. The van der Waals surface area contributed by atoms with Gasteiger partial charge in [0.25, 0.3) is 5.91 Å². The van der Waals surface area contributed by atoms with Crippen molar-refractivity contribution in [3.63, 3.8) is 0 Å². The number of benzene rings is 2. The Bertz CT molecular complexity index is 1120. The summed E-state index contributed by atoms with van der Waals surface area (Å²) in [5.41, 5.74) is 3.90. The van der Waals surface area contributed by atoms with Crippen molar-refractivity contribution < 1.29 is 18.5 Å². The van der Waals surface area contributed by atoms with Gasteiger partial charge in [-0.3, -0.25) is 9.00 Å². The number of fused-ring (bicyclic) bond motifs is 1. The number of hydrogen-bond acceptors (Lipinski definition) is 5. The SMILES string of the molecule is COc1ccc(C(=O)Nc2c3c(nn2-c2ccccc2C)C[S@@](=O)C3)cc1OC. The summed E-state index contributed by atoms with van der Waals surface area (Å²) in [4.78, 5) is 13.0. The van der Waals surface area contributed by atoms with E-state index < -0.39 is 10.8 Å². The molecular formula is C21H21N3O4S. The number of carbonyl (C=O) groups is 1. The molecule has 1 aliphatic rings. The Morgan fingerprint density at radius 2 is 1.86 bits per heavy atom. The van der Waals surface area contributed by atoms with Gasteiger partial charge in [0.15, 0.2) is 11.5 Å². The van der Waals surface area contributed by atoms with Crippen LogP contribution in [0.3, 0.4) is 0 Å². The van der Waals surface area contributed by atoms with Crippen molar-refractivity contribution in [2.24, 2.45) is 0 Å². The van der Waals surface area contributed by atoms with Gasteiger partial charge in [-0.15, -0.1) is 0 Å². The van der Waals surface area contributed by atoms with Gasteiger partial charge in [-0.2, -0.15) is 5.10 Å². The van der Waals surface area contributed by atoms with Gasteiger partial charge in [-0.05, 0) is 36.8 Å². The van der Waals surface area contributed by atoms with Crippen molar-refractivity contribution in [2.45, 2.75) is 18.4 Å². The first-order valence-corrected chi connectivity index (χ1v) is 10.6. The Hall–Kier alpha value is -3.13. The van der Waals surface area contributed by atoms with Crippen LogP contribution in [0, 0.1) is 6.92 Å². The molecule has 150 valence electrons. The Labute approximate surface area is 171 Å². The monoisotopic (exact) mass is 411 g/mol. The maximum Gasteiger partial charge on any atom is 0.256 e. The van der Waals surface area contributed by atoms with E-state index in [9.17, 15) is 9.00 Å². The van der Waals surface area contributed by atoms with Gasteiger partial charge in [-0.25, -0.2) is 4.68 Å². The number of rotatable bonds is 5. The molecule has 0 spiro atoms. The highest BCUT2D eigenvalue weighted by atomic mass is 32.2. The summed E-state index contributed by atoms with van der Waals surface area (Å²) in [7, 11) is 2.07. The van der Waals surface area contributed by atoms with Gasteiger partial charge >= 0.3 is 0 Å². The van der Waals surface area contributed by atoms with Crippen LogP contribution in [0.15, 0.2) is 42.5 Å². The number of hydrogen-bond donors (Lipinski definition) is 1. The van der Waals surface area contributed by atoms with Crippen molar-refractivity contribution in [3.8, 4) is 17.2 Å². The van der Waals surface area contributed by atoms with Crippen molar-refractivity contribution in [1.29, 1.82) is 0 Å². The second-order valence-electron chi connectivity index (χ2n) is 6.72. The summed E-state index contributed by atoms with van der Waals surface area (Å²) in [5.74, 6) is 2.04. The van der Waals surface area contributed by atoms with E-state index >= 15 is 0 Å². The maximum absolute atomic E-state index is 13.0. The van der Waals surface area contributed by atoms with Crippen LogP contribution >= 0.6 is 0 Å². The molecule has 0 saturated carbocycles. The number of para-hydroxylation sites is 1. The standard InChI is InChI=1S/C21H21N3O4S/c1-13-6-4-5-7-17(13)24-20(15-11-29(26)12-16(15)23-24)22-21(25)14-8-9-18(27-2)19(10-14)28-3/h4-10H,11-12H2,1-3H3,(H,22,25)/t29-/m0/s1. The molecule has 0 saturated heterocycles. The van der Waals surface area contributed by atoms with Crippen LogP contribution in [0.25, 0.3) is 5.69 Å². The van der Waals surface area contributed by atoms with E-state index in [0.29, 0.717) is 34.4 Å². The highest BCUT2D eigenvalue weighted by molar-refractivity contribution is 7.83. The normalized spacial score (nSPS) is 15.1. The largest absolute Gasteiger partial charge is 0.493 e. The van der Waals surface area contributed by atoms with Crippen LogP contribution in [0.2, 0.25) is 0 Å². The minimum absolute atomic E-state index is 0.304. The molecule has 7 nitrogen and oxygen atoms in total. The first-order chi connectivity index (χ1) is 14.0. The molecule has 1 aliphatic heterocycles. The van der Waals surface area contributed by atoms with E-state index in [-0.39, 0.29) is 5.91 Å². The fourth-order valence-electron chi connectivity index (χ4n) is 3.39. The molecule has 1 aromatic heterocycles. The van der Waals surface area contributed by atoms with Gasteiger partial charge < -0.3 is 14.8 Å². The number of ether oxygens (including phenoxy) is 2. The van der Waals surface area contributed by atoms with Crippen molar-refractivity contribution in [3.05, 3.63) is 64.8 Å². The van der Waals surface area contributed by atoms with Gasteiger partial charge in [-0.1, -0.05) is 18.2 Å². The van der Waals surface area contributed by atoms with E-state index in [1.54, 1.807) is 30.0 Å². The first-order valence-electron chi connectivity index (χ1n) is 9.07. The number of amides is 1. The van der Waals surface area contributed by atoms with Crippen LogP contribution < -0.4 is 14.8 Å². The van der Waals surface area contributed by atoms with Crippen LogP contribution in [0.5, 0.6) is 11.5 Å². The second-order valence-corrected chi connectivity index (χ2v) is 8.18. The molecule has 0 bridgehead atoms. The molecule has 1 N–H and O–H groups in total. The predicted molar refractivity (Wildman–Crippen MR) is 111 cm³/mol. The molecule has 4 rings (SSSR count). The zero-order valence-electron chi connectivity index (χ0n) is 16.4. The number of nitrogens with one attached hydrogen (secondary N) is 1. The maximum atomic E-state index is 13.0. The average Bonchev–Trinajstić information content (AvgIpc) is 3.24. The Kier molecular flexibility index (Phi) is 5.10. The van der Waals surface area contributed by atoms with E-state index in [1.165, 1.54) is 7.11 Å². The fourth-order valence-corrected chi connectivity index (χ4v) is 4.65. The zero-order valence-corrected chi connectivity index (χ0v) is 17.2. The third kappa shape index (κ3) is 3.51. The fraction of sp³-hybridized carbons (Fsp3) is 0.238. The summed E-state index contributed by atoms with van der Waals surface area (Å²) in [6.07, 6.45) is 0. The summed E-state index contributed by atoms with van der Waals surface area (Å²) in [6.45, 7) is 1.99. The number of nitrogens with zero attached hydrogens (tertiary/aromatic N) is 2. The number of methoxy groups -OCH3 is 2. The molecule has 8 heteroatoms. The number of aryl methyl sites for hydroxylation is 1. The molecule has 2 heterocycles. The molecule has 0 fully saturated rings. The summed E-state index contributed by atoms with van der Waals surface area (Å²) in [6, 6.07) is 12.8.